The highest BCUT2D eigenvalue weighted by Crippen LogP contribution is 2.39. The molecule has 2 aromatic rings. The van der Waals surface area contributed by atoms with Crippen molar-refractivity contribution in [3.05, 3.63) is 64.8 Å². The Hall–Kier alpha value is -3.06. The molecule has 7 heteroatoms. The fourth-order valence-corrected chi connectivity index (χ4v) is 4.11. The number of amides is 1. The van der Waals surface area contributed by atoms with Crippen LogP contribution in [0.1, 0.15) is 48.2 Å². The predicted molar refractivity (Wildman–Crippen MR) is 125 cm³/mol. The van der Waals surface area contributed by atoms with Crippen molar-refractivity contribution in [3.63, 3.8) is 0 Å². The molecule has 1 aliphatic rings. The zero-order valence-corrected chi connectivity index (χ0v) is 19.6. The summed E-state index contributed by atoms with van der Waals surface area (Å²) in [6, 6.07) is 10.3. The van der Waals surface area contributed by atoms with Crippen molar-refractivity contribution < 1.29 is 19.1 Å². The topological polar surface area (TPSA) is 77.2 Å². The molecule has 32 heavy (non-hydrogen) atoms. The third-order valence-electron chi connectivity index (χ3n) is 6.01. The number of Topliss-reactive ketones (excluding diaryl/α,β-unsaturated/α-hetero) is 1. The molecule has 0 saturated carbocycles. The van der Waals surface area contributed by atoms with E-state index in [0.717, 1.165) is 37.3 Å². The Morgan fingerprint density at radius 1 is 1.09 bits per heavy atom. The molecule has 3 rings (SSSR count). The maximum absolute atomic E-state index is 13.3. The van der Waals surface area contributed by atoms with Gasteiger partial charge in [0.25, 0.3) is 5.91 Å². The Morgan fingerprint density at radius 2 is 1.75 bits per heavy atom. The number of benzene rings is 1. The van der Waals surface area contributed by atoms with Crippen molar-refractivity contribution in [3.8, 4) is 0 Å². The van der Waals surface area contributed by atoms with E-state index in [4.69, 9.17) is 4.42 Å². The van der Waals surface area contributed by atoms with Crippen LogP contribution in [0.4, 0.5) is 5.69 Å². The molecule has 1 N–H and O–H groups in total. The van der Waals surface area contributed by atoms with Crippen LogP contribution in [-0.2, 0) is 4.79 Å². The fourth-order valence-electron chi connectivity index (χ4n) is 4.11. The zero-order chi connectivity index (χ0) is 23.4. The van der Waals surface area contributed by atoms with Gasteiger partial charge in [0, 0.05) is 26.3 Å². The molecule has 1 aromatic heterocycles. The number of aliphatic hydroxyl groups excluding tert-OH is 1. The number of rotatable bonds is 10. The molecular weight excluding hydrogens is 406 g/mol. The van der Waals surface area contributed by atoms with E-state index < -0.39 is 23.5 Å². The van der Waals surface area contributed by atoms with Gasteiger partial charge in [-0.15, -0.1) is 0 Å². The van der Waals surface area contributed by atoms with Crippen LogP contribution in [0.15, 0.2) is 52.1 Å². The van der Waals surface area contributed by atoms with Crippen molar-refractivity contribution in [2.45, 2.75) is 33.2 Å². The summed E-state index contributed by atoms with van der Waals surface area (Å²) in [6.07, 6.45) is 0.744. The van der Waals surface area contributed by atoms with E-state index in [-0.39, 0.29) is 11.3 Å². The number of furan rings is 1. The molecule has 0 radical (unpaired) electrons. The maximum atomic E-state index is 13.3. The molecule has 1 aromatic carbocycles. The lowest BCUT2D eigenvalue weighted by Crippen LogP contribution is -2.34. The second-order valence-corrected chi connectivity index (χ2v) is 8.27. The number of ketones is 1. The molecule has 0 saturated heterocycles. The van der Waals surface area contributed by atoms with Crippen molar-refractivity contribution in [1.29, 1.82) is 0 Å². The van der Waals surface area contributed by atoms with Gasteiger partial charge in [0.1, 0.15) is 5.76 Å². The van der Waals surface area contributed by atoms with Crippen LogP contribution in [0.3, 0.4) is 0 Å². The molecule has 0 bridgehead atoms. The number of carbonyl (C=O) groups excluding carboxylic acids is 2. The molecule has 7 nitrogen and oxygen atoms in total. The Bertz CT molecular complexity index is 987. The molecule has 1 amide bonds. The first-order chi connectivity index (χ1) is 15.3. The minimum absolute atomic E-state index is 0.0739. The molecule has 0 fully saturated rings. The van der Waals surface area contributed by atoms with Crippen molar-refractivity contribution >= 4 is 17.4 Å². The smallest absolute Gasteiger partial charge is 0.290 e. The summed E-state index contributed by atoms with van der Waals surface area (Å²) in [4.78, 5) is 32.2. The standard InChI is InChI=1S/C25H33N3O4/c1-6-27(7-2)15-8-16-28-22(18-10-12-19(13-11-18)26(4)5)21(24(30)25(28)31)23(29)20-14-9-17(3)32-20/h9-14,22,30H,6-8,15-16H2,1-5H3. The van der Waals surface area contributed by atoms with Crippen LogP contribution in [-0.4, -0.2) is 66.9 Å². The van der Waals surface area contributed by atoms with Gasteiger partial charge in [0.05, 0.1) is 11.6 Å². The van der Waals surface area contributed by atoms with Gasteiger partial charge in [-0.3, -0.25) is 9.59 Å². The minimum Gasteiger partial charge on any atom is -0.503 e. The average Bonchev–Trinajstić information content (AvgIpc) is 3.33. The second kappa shape index (κ2) is 10.0. The van der Waals surface area contributed by atoms with E-state index in [1.165, 1.54) is 0 Å². The highest BCUT2D eigenvalue weighted by molar-refractivity contribution is 6.15. The average molecular weight is 440 g/mol. The van der Waals surface area contributed by atoms with E-state index in [2.05, 4.69) is 18.7 Å². The molecule has 1 unspecified atom stereocenters. The second-order valence-electron chi connectivity index (χ2n) is 8.27. The monoisotopic (exact) mass is 439 g/mol. The van der Waals surface area contributed by atoms with Crippen molar-refractivity contribution in [2.24, 2.45) is 0 Å². The summed E-state index contributed by atoms with van der Waals surface area (Å²) in [7, 11) is 3.90. The van der Waals surface area contributed by atoms with Crippen LogP contribution < -0.4 is 4.90 Å². The summed E-state index contributed by atoms with van der Waals surface area (Å²) in [5.74, 6) is -0.749. The van der Waals surface area contributed by atoms with Crippen LogP contribution >= 0.6 is 0 Å². The molecule has 0 spiro atoms. The number of hydrogen-bond acceptors (Lipinski definition) is 6. The highest BCUT2D eigenvalue weighted by Gasteiger charge is 2.44. The molecule has 0 aliphatic carbocycles. The number of aryl methyl sites for hydroxylation is 1. The molecule has 1 atom stereocenters. The van der Waals surface area contributed by atoms with E-state index >= 15 is 0 Å². The molecule has 172 valence electrons. The van der Waals surface area contributed by atoms with Crippen molar-refractivity contribution in [1.82, 2.24) is 9.80 Å². The van der Waals surface area contributed by atoms with E-state index in [9.17, 15) is 14.7 Å². The van der Waals surface area contributed by atoms with Gasteiger partial charge in [-0.25, -0.2) is 0 Å². The number of nitrogens with zero attached hydrogens (tertiary/aromatic N) is 3. The van der Waals surface area contributed by atoms with Gasteiger partial charge in [-0.1, -0.05) is 26.0 Å². The molecule has 1 aliphatic heterocycles. The first-order valence-corrected chi connectivity index (χ1v) is 11.1. The zero-order valence-electron chi connectivity index (χ0n) is 19.6. The van der Waals surface area contributed by atoms with Gasteiger partial charge in [0.2, 0.25) is 5.78 Å². The summed E-state index contributed by atoms with van der Waals surface area (Å²) in [5.41, 5.74) is 1.86. The first kappa shape index (κ1) is 23.6. The quantitative estimate of drug-likeness (QED) is 0.565. The minimum atomic E-state index is -0.659. The Morgan fingerprint density at radius 3 is 2.28 bits per heavy atom. The first-order valence-electron chi connectivity index (χ1n) is 11.1. The lowest BCUT2D eigenvalue weighted by molar-refractivity contribution is -0.129. The van der Waals surface area contributed by atoms with Crippen LogP contribution in [0.2, 0.25) is 0 Å². The third kappa shape index (κ3) is 4.72. The lowest BCUT2D eigenvalue weighted by Gasteiger charge is -2.28. The van der Waals surface area contributed by atoms with E-state index in [1.807, 2.05) is 43.3 Å². The summed E-state index contributed by atoms with van der Waals surface area (Å²) >= 11 is 0. The van der Waals surface area contributed by atoms with E-state index in [1.54, 1.807) is 24.0 Å². The van der Waals surface area contributed by atoms with Crippen molar-refractivity contribution in [2.75, 3.05) is 45.2 Å². The normalized spacial score (nSPS) is 16.4. The summed E-state index contributed by atoms with van der Waals surface area (Å²) in [6.45, 7) is 9.11. The predicted octanol–water partition coefficient (Wildman–Crippen LogP) is 3.96. The van der Waals surface area contributed by atoms with Gasteiger partial charge < -0.3 is 24.2 Å². The molecule has 2 heterocycles. The maximum Gasteiger partial charge on any atom is 0.290 e. The number of hydrogen-bond donors (Lipinski definition) is 1. The lowest BCUT2D eigenvalue weighted by atomic mass is 9.94. The number of anilines is 1. The highest BCUT2D eigenvalue weighted by atomic mass is 16.3. The van der Waals surface area contributed by atoms with Gasteiger partial charge in [-0.05, 0) is 62.8 Å². The third-order valence-corrected chi connectivity index (χ3v) is 6.01. The SMILES string of the molecule is CCN(CC)CCCN1C(=O)C(O)=C(C(=O)c2ccc(C)o2)C1c1ccc(N(C)C)cc1. The fraction of sp³-hybridized carbons (Fsp3) is 0.440. The number of aliphatic hydroxyl groups is 1. The largest absolute Gasteiger partial charge is 0.503 e. The van der Waals surface area contributed by atoms with Gasteiger partial charge >= 0.3 is 0 Å². The van der Waals surface area contributed by atoms with Crippen LogP contribution in [0, 0.1) is 6.92 Å². The van der Waals surface area contributed by atoms with Crippen LogP contribution in [0.5, 0.6) is 0 Å². The summed E-state index contributed by atoms with van der Waals surface area (Å²) in [5, 5.41) is 10.7. The van der Waals surface area contributed by atoms with Gasteiger partial charge in [-0.2, -0.15) is 0 Å². The Labute approximate surface area is 189 Å². The van der Waals surface area contributed by atoms with Crippen LogP contribution in [0.25, 0.3) is 0 Å². The van der Waals surface area contributed by atoms with E-state index in [0.29, 0.717) is 12.3 Å². The summed E-state index contributed by atoms with van der Waals surface area (Å²) < 4.78 is 5.52. The molecular formula is C25H33N3O4. The Kier molecular flexibility index (Phi) is 7.40. The Balaban J connectivity index is 1.96. The van der Waals surface area contributed by atoms with Gasteiger partial charge in [0.15, 0.2) is 11.5 Å². The number of carbonyl (C=O) groups is 2.